The van der Waals surface area contributed by atoms with Crippen LogP contribution < -0.4 is 33.7 Å². The van der Waals surface area contributed by atoms with Crippen molar-refractivity contribution in [2.45, 2.75) is 23.3 Å². The van der Waals surface area contributed by atoms with Crippen LogP contribution in [0.3, 0.4) is 0 Å². The molecule has 0 aliphatic rings. The number of halogens is 10. The van der Waals surface area contributed by atoms with Gasteiger partial charge in [0.05, 0.1) is 0 Å². The van der Waals surface area contributed by atoms with Crippen LogP contribution in [0.15, 0.2) is 0 Å². The molecule has 130 valence electrons. The molecule has 0 amide bonds. The summed E-state index contributed by atoms with van der Waals surface area (Å²) in [6.45, 7) is 0. The number of alkyl halides is 9. The Labute approximate surface area is 139 Å². The van der Waals surface area contributed by atoms with Gasteiger partial charge in [-0.05, 0) is 0 Å². The van der Waals surface area contributed by atoms with Crippen molar-refractivity contribution in [1.82, 2.24) is 4.13 Å². The fourth-order valence-electron chi connectivity index (χ4n) is 0.713. The molecule has 18 heteroatoms. The summed E-state index contributed by atoms with van der Waals surface area (Å²) in [5.74, 6) is -15.2. The molecule has 0 unspecified atom stereocenters. The van der Waals surface area contributed by atoms with Crippen molar-refractivity contribution in [3.63, 3.8) is 0 Å². The molecular weight excluding hydrogens is 403 g/mol. The zero-order chi connectivity index (χ0) is 17.7. The Morgan fingerprint density at radius 2 is 1.05 bits per heavy atom. The smallest absolute Gasteiger partial charge is 1.00 e. The Kier molecular flexibility index (Phi) is 6.91. The first-order chi connectivity index (χ1) is 8.71. The maximum absolute atomic E-state index is 12.7. The Morgan fingerprint density at radius 1 is 0.727 bits per heavy atom. The molecule has 22 heavy (non-hydrogen) atoms. The Hall–Kier alpha value is 0.160. The van der Waals surface area contributed by atoms with Crippen LogP contribution in [0.2, 0.25) is 0 Å². The van der Waals surface area contributed by atoms with Crippen molar-refractivity contribution in [1.29, 1.82) is 0 Å². The standard InChI is InChI=1S/C4HF10NO4S2.Na.H/c5-1(6,3(9,10)11)2(7,8)4(12,13)20(16,17)15-21(14,18)19;;/h15H;;/q;+1;-1. The molecular formula is C4H2F10NNaO4S2. The second kappa shape index (κ2) is 6.23. The summed E-state index contributed by atoms with van der Waals surface area (Å²) in [5, 5.41) is -7.32. The van der Waals surface area contributed by atoms with Gasteiger partial charge in [0, 0.05) is 0 Å². The van der Waals surface area contributed by atoms with E-state index < -0.39 is 47.8 Å². The van der Waals surface area contributed by atoms with E-state index >= 15 is 0 Å². The molecule has 1 N–H and O–H groups in total. The molecule has 0 heterocycles. The van der Waals surface area contributed by atoms with Crippen LogP contribution in [0.25, 0.3) is 0 Å². The molecule has 0 aromatic rings. The van der Waals surface area contributed by atoms with E-state index in [2.05, 4.69) is 0 Å². The number of hydrogen-bond donors (Lipinski definition) is 1. The van der Waals surface area contributed by atoms with E-state index in [0.717, 1.165) is 0 Å². The first-order valence-electron chi connectivity index (χ1n) is 3.88. The predicted molar refractivity (Wildman–Crippen MR) is 44.1 cm³/mol. The number of hydrogen-bond acceptors (Lipinski definition) is 4. The van der Waals surface area contributed by atoms with E-state index in [-0.39, 0.29) is 31.0 Å². The molecule has 0 atom stereocenters. The summed E-state index contributed by atoms with van der Waals surface area (Å²) in [5.41, 5.74) is 0. The van der Waals surface area contributed by atoms with Gasteiger partial charge in [0.2, 0.25) is 0 Å². The molecule has 0 aromatic heterocycles. The topological polar surface area (TPSA) is 80.3 Å². The molecule has 0 rings (SSSR count). The van der Waals surface area contributed by atoms with E-state index in [1.807, 2.05) is 0 Å². The molecule has 0 aromatic carbocycles. The molecule has 0 spiro atoms. The van der Waals surface area contributed by atoms with E-state index in [1.165, 1.54) is 0 Å². The van der Waals surface area contributed by atoms with Crippen molar-refractivity contribution in [3.05, 3.63) is 0 Å². The minimum Gasteiger partial charge on any atom is -1.00 e. The van der Waals surface area contributed by atoms with Gasteiger partial charge in [-0.1, -0.05) is 8.01 Å². The first-order valence-corrected chi connectivity index (χ1v) is 6.75. The third kappa shape index (κ3) is 4.16. The van der Waals surface area contributed by atoms with Gasteiger partial charge in [-0.25, -0.2) is 8.42 Å². The third-order valence-corrected chi connectivity index (χ3v) is 4.27. The molecule has 0 saturated heterocycles. The van der Waals surface area contributed by atoms with Gasteiger partial charge in [-0.15, -0.1) is 0 Å². The van der Waals surface area contributed by atoms with Crippen LogP contribution in [0.1, 0.15) is 1.43 Å². The molecule has 5 nitrogen and oxygen atoms in total. The van der Waals surface area contributed by atoms with Gasteiger partial charge in [0.25, 0.3) is 10.0 Å². The zero-order valence-electron chi connectivity index (χ0n) is 10.7. The summed E-state index contributed by atoms with van der Waals surface area (Å²) >= 11 is 0. The summed E-state index contributed by atoms with van der Waals surface area (Å²) < 4.78 is 161. The minimum absolute atomic E-state index is 0. The van der Waals surface area contributed by atoms with Crippen molar-refractivity contribution in [2.75, 3.05) is 0 Å². The maximum Gasteiger partial charge on any atom is 1.00 e. The van der Waals surface area contributed by atoms with Gasteiger partial charge in [-0.3, -0.25) is 0 Å². The van der Waals surface area contributed by atoms with Crippen LogP contribution in [-0.2, 0) is 20.4 Å². The molecule has 0 bridgehead atoms. The van der Waals surface area contributed by atoms with Crippen molar-refractivity contribution >= 4 is 20.4 Å². The normalized spacial score (nSPS) is 15.4. The Bertz CT molecular complexity index is 615. The van der Waals surface area contributed by atoms with Crippen molar-refractivity contribution in [2.24, 2.45) is 0 Å². The average molecular weight is 405 g/mol. The van der Waals surface area contributed by atoms with Crippen LogP contribution >= 0.6 is 0 Å². The second-order valence-corrected chi connectivity index (χ2v) is 6.25. The Morgan fingerprint density at radius 3 is 1.27 bits per heavy atom. The molecule has 0 aliphatic carbocycles. The minimum atomic E-state index is -7.64. The summed E-state index contributed by atoms with van der Waals surface area (Å²) in [7, 11) is -14.2. The van der Waals surface area contributed by atoms with E-state index in [4.69, 9.17) is 0 Å². The molecule has 0 radical (unpaired) electrons. The van der Waals surface area contributed by atoms with Crippen molar-refractivity contribution in [3.8, 4) is 0 Å². The maximum atomic E-state index is 12.7. The molecule has 0 aliphatic heterocycles. The number of rotatable bonds is 5. The molecule has 0 saturated carbocycles. The fraction of sp³-hybridized carbons (Fsp3) is 1.00. The van der Waals surface area contributed by atoms with Crippen LogP contribution in [0.5, 0.6) is 0 Å². The van der Waals surface area contributed by atoms with Gasteiger partial charge in [0.15, 0.2) is 0 Å². The zero-order valence-corrected chi connectivity index (χ0v) is 13.4. The van der Waals surface area contributed by atoms with Gasteiger partial charge in [0.1, 0.15) is 0 Å². The van der Waals surface area contributed by atoms with Gasteiger partial charge >= 0.3 is 63.2 Å². The monoisotopic (exact) mass is 405 g/mol. The van der Waals surface area contributed by atoms with Gasteiger partial charge in [-0.2, -0.15) is 47.9 Å². The Balaban J connectivity index is -0.00000200. The van der Waals surface area contributed by atoms with E-state index in [0.29, 0.717) is 0 Å². The predicted octanol–water partition coefficient (Wildman–Crippen LogP) is -1.34. The van der Waals surface area contributed by atoms with E-state index in [1.54, 1.807) is 0 Å². The summed E-state index contributed by atoms with van der Waals surface area (Å²) in [6, 6.07) is 0. The van der Waals surface area contributed by atoms with Crippen LogP contribution in [-0.4, -0.2) is 40.1 Å². The molecule has 0 fully saturated rings. The van der Waals surface area contributed by atoms with Gasteiger partial charge < -0.3 is 1.43 Å². The second-order valence-electron chi connectivity index (χ2n) is 3.19. The number of sulfonamides is 1. The third-order valence-electron chi connectivity index (χ3n) is 1.66. The fourth-order valence-corrected chi connectivity index (χ4v) is 2.65. The average Bonchev–Trinajstić information content (AvgIpc) is 2.10. The van der Waals surface area contributed by atoms with Crippen LogP contribution in [0, 0.1) is 0 Å². The number of nitrogens with one attached hydrogen (secondary N) is 1. The summed E-state index contributed by atoms with van der Waals surface area (Å²) in [4.78, 5) is 0. The summed E-state index contributed by atoms with van der Waals surface area (Å²) in [6.07, 6.45) is -7.32. The first kappa shape index (κ1) is 24.4. The van der Waals surface area contributed by atoms with Crippen molar-refractivity contribution < 1.29 is 91.2 Å². The SMILES string of the molecule is O=S(=O)(F)NS(=O)(=O)C(F)(F)C(F)(F)C(F)(F)C(F)(F)F.[H-].[Na+]. The van der Waals surface area contributed by atoms with E-state index in [9.17, 15) is 60.2 Å². The van der Waals surface area contributed by atoms with Crippen LogP contribution in [0.4, 0.5) is 43.4 Å². The quantitative estimate of drug-likeness (QED) is 0.349. The largest absolute Gasteiger partial charge is 1.00 e.